The minimum absolute atomic E-state index is 0.241. The highest BCUT2D eigenvalue weighted by atomic mass is 16.5. The van der Waals surface area contributed by atoms with E-state index in [4.69, 9.17) is 14.2 Å². The number of hydrogen-bond donors (Lipinski definition) is 1. The zero-order valence-corrected chi connectivity index (χ0v) is 17.2. The molecular weight excluding hydrogens is 390 g/mol. The van der Waals surface area contributed by atoms with Gasteiger partial charge in [0, 0.05) is 11.8 Å². The minimum atomic E-state index is -0.654. The number of hydrogen-bond acceptors (Lipinski definition) is 8. The van der Waals surface area contributed by atoms with Crippen LogP contribution in [0.15, 0.2) is 30.7 Å². The van der Waals surface area contributed by atoms with Gasteiger partial charge in [-0.25, -0.2) is 14.3 Å². The number of ether oxygens (including phenoxy) is 3. The highest BCUT2D eigenvalue weighted by Crippen LogP contribution is 2.29. The Bertz CT molecular complexity index is 1060. The molecule has 0 bridgehead atoms. The first-order chi connectivity index (χ1) is 14.5. The molecule has 0 aliphatic carbocycles. The predicted molar refractivity (Wildman–Crippen MR) is 107 cm³/mol. The molecular formula is C20H23N5O5. The van der Waals surface area contributed by atoms with Gasteiger partial charge in [0.05, 0.1) is 31.5 Å². The van der Waals surface area contributed by atoms with Gasteiger partial charge in [-0.3, -0.25) is 4.79 Å². The molecule has 1 N–H and O–H groups in total. The van der Waals surface area contributed by atoms with Gasteiger partial charge in [-0.1, -0.05) is 6.92 Å². The van der Waals surface area contributed by atoms with Gasteiger partial charge < -0.3 is 19.5 Å². The fourth-order valence-electron chi connectivity index (χ4n) is 3.08. The molecule has 3 aromatic rings. The lowest BCUT2D eigenvalue weighted by Crippen LogP contribution is -2.31. The van der Waals surface area contributed by atoms with Crippen molar-refractivity contribution < 1.29 is 23.8 Å². The third kappa shape index (κ3) is 4.32. The summed E-state index contributed by atoms with van der Waals surface area (Å²) in [5.41, 5.74) is 1.59. The largest absolute Gasteiger partial charge is 0.497 e. The molecule has 1 unspecified atom stereocenters. The molecule has 1 atom stereocenters. The molecule has 30 heavy (non-hydrogen) atoms. The first-order valence-electron chi connectivity index (χ1n) is 9.34. The van der Waals surface area contributed by atoms with Crippen LogP contribution in [-0.2, 0) is 16.0 Å². The molecule has 0 radical (unpaired) electrons. The van der Waals surface area contributed by atoms with Gasteiger partial charge in [0.2, 0.25) is 0 Å². The third-order valence-corrected chi connectivity index (χ3v) is 4.58. The van der Waals surface area contributed by atoms with Crippen molar-refractivity contribution in [2.75, 3.05) is 20.8 Å². The highest BCUT2D eigenvalue weighted by molar-refractivity contribution is 5.92. The molecule has 0 spiro atoms. The van der Waals surface area contributed by atoms with Crippen LogP contribution in [0.2, 0.25) is 0 Å². The van der Waals surface area contributed by atoms with Crippen LogP contribution >= 0.6 is 0 Å². The number of esters is 1. The molecule has 158 valence electrons. The first kappa shape index (κ1) is 21.0. The summed E-state index contributed by atoms with van der Waals surface area (Å²) in [6, 6.07) is 4.92. The fourth-order valence-corrected chi connectivity index (χ4v) is 3.08. The topological polar surface area (TPSA) is 117 Å². The summed E-state index contributed by atoms with van der Waals surface area (Å²) in [4.78, 5) is 32.9. The second kappa shape index (κ2) is 9.21. The summed E-state index contributed by atoms with van der Waals surface area (Å²) < 4.78 is 17.2. The Balaban J connectivity index is 1.65. The second-order valence-corrected chi connectivity index (χ2v) is 6.42. The molecule has 1 aromatic carbocycles. The predicted octanol–water partition coefficient (Wildman–Crippen LogP) is 1.74. The molecule has 2 heterocycles. The summed E-state index contributed by atoms with van der Waals surface area (Å²) in [5, 5.41) is 6.85. The van der Waals surface area contributed by atoms with E-state index < -0.39 is 18.5 Å². The van der Waals surface area contributed by atoms with Crippen molar-refractivity contribution in [3.63, 3.8) is 0 Å². The molecule has 0 aliphatic rings. The van der Waals surface area contributed by atoms with Gasteiger partial charge in [0.25, 0.3) is 11.7 Å². The number of nitrogens with zero attached hydrogens (tertiary/aromatic N) is 4. The van der Waals surface area contributed by atoms with E-state index in [0.717, 1.165) is 5.56 Å². The number of amides is 1. The summed E-state index contributed by atoms with van der Waals surface area (Å²) in [6.45, 7) is 3.24. The lowest BCUT2D eigenvalue weighted by atomic mass is 10.1. The normalized spacial score (nSPS) is 11.7. The maximum absolute atomic E-state index is 12.5. The average molecular weight is 413 g/mol. The standard InChI is InChI=1S/C20H23N5O5/c1-5-16-15(9-21-20-22-11-23-25(16)20)19(27)30-10-18(26)24-12(2)14-8-13(28-3)6-7-17(14)29-4/h6-9,11-12H,5,10H2,1-4H3,(H,24,26). The third-order valence-electron chi connectivity index (χ3n) is 4.58. The van der Waals surface area contributed by atoms with Gasteiger partial charge in [0.15, 0.2) is 6.61 Å². The molecule has 0 fully saturated rings. The molecule has 2 aromatic heterocycles. The van der Waals surface area contributed by atoms with Gasteiger partial charge >= 0.3 is 5.97 Å². The van der Waals surface area contributed by atoms with Crippen LogP contribution in [0.3, 0.4) is 0 Å². The Hall–Kier alpha value is -3.69. The average Bonchev–Trinajstić information content (AvgIpc) is 3.25. The summed E-state index contributed by atoms with van der Waals surface area (Å²) in [7, 11) is 3.11. The number of carbonyl (C=O) groups excluding carboxylic acids is 2. The number of benzene rings is 1. The van der Waals surface area contributed by atoms with Crippen LogP contribution in [0.4, 0.5) is 0 Å². The van der Waals surface area contributed by atoms with Crippen LogP contribution in [0.25, 0.3) is 5.78 Å². The number of carbonyl (C=O) groups is 2. The Morgan fingerprint density at radius 2 is 2.00 bits per heavy atom. The lowest BCUT2D eigenvalue weighted by Gasteiger charge is -2.18. The van der Waals surface area contributed by atoms with Gasteiger partial charge in [0.1, 0.15) is 17.8 Å². The number of nitrogens with one attached hydrogen (secondary N) is 1. The minimum Gasteiger partial charge on any atom is -0.497 e. The zero-order chi connectivity index (χ0) is 21.7. The molecule has 0 saturated carbocycles. The van der Waals surface area contributed by atoms with E-state index in [1.165, 1.54) is 17.0 Å². The molecule has 0 saturated heterocycles. The van der Waals surface area contributed by atoms with Crippen molar-refractivity contribution in [2.24, 2.45) is 0 Å². The van der Waals surface area contributed by atoms with Gasteiger partial charge in [-0.2, -0.15) is 10.1 Å². The van der Waals surface area contributed by atoms with Crippen LogP contribution in [0, 0.1) is 0 Å². The maximum atomic E-state index is 12.5. The highest BCUT2D eigenvalue weighted by Gasteiger charge is 2.20. The molecule has 3 rings (SSSR count). The van der Waals surface area contributed by atoms with Crippen molar-refractivity contribution in [1.82, 2.24) is 24.9 Å². The van der Waals surface area contributed by atoms with Gasteiger partial charge in [-0.15, -0.1) is 0 Å². The van der Waals surface area contributed by atoms with E-state index in [1.54, 1.807) is 39.3 Å². The van der Waals surface area contributed by atoms with E-state index in [0.29, 0.717) is 29.4 Å². The number of aromatic nitrogens is 4. The zero-order valence-electron chi connectivity index (χ0n) is 17.2. The molecule has 10 heteroatoms. The number of aryl methyl sites for hydroxylation is 1. The number of methoxy groups -OCH3 is 2. The second-order valence-electron chi connectivity index (χ2n) is 6.42. The Kier molecular flexibility index (Phi) is 6.45. The van der Waals surface area contributed by atoms with E-state index in [2.05, 4.69) is 20.4 Å². The lowest BCUT2D eigenvalue weighted by molar-refractivity contribution is -0.124. The molecule has 10 nitrogen and oxygen atoms in total. The van der Waals surface area contributed by atoms with Crippen molar-refractivity contribution >= 4 is 17.7 Å². The van der Waals surface area contributed by atoms with E-state index >= 15 is 0 Å². The SMILES string of the molecule is CCc1c(C(=O)OCC(=O)NC(C)c2cc(OC)ccc2OC)cnc2ncnn12. The summed E-state index contributed by atoms with van der Waals surface area (Å²) >= 11 is 0. The van der Waals surface area contributed by atoms with E-state index in [-0.39, 0.29) is 11.6 Å². The Morgan fingerprint density at radius 1 is 1.20 bits per heavy atom. The van der Waals surface area contributed by atoms with Gasteiger partial charge in [-0.05, 0) is 31.5 Å². The smallest absolute Gasteiger partial charge is 0.342 e. The Labute approximate surface area is 173 Å². The first-order valence-corrected chi connectivity index (χ1v) is 9.34. The maximum Gasteiger partial charge on any atom is 0.342 e. The van der Waals surface area contributed by atoms with Crippen molar-refractivity contribution in [3.8, 4) is 11.5 Å². The molecule has 1 amide bonds. The monoisotopic (exact) mass is 413 g/mol. The van der Waals surface area contributed by atoms with Crippen LogP contribution in [-0.4, -0.2) is 52.3 Å². The summed E-state index contributed by atoms with van der Waals surface area (Å²) in [5.74, 6) is 0.538. The summed E-state index contributed by atoms with van der Waals surface area (Å²) in [6.07, 6.45) is 3.26. The van der Waals surface area contributed by atoms with Crippen LogP contribution in [0.5, 0.6) is 11.5 Å². The number of rotatable bonds is 8. The van der Waals surface area contributed by atoms with Crippen molar-refractivity contribution in [2.45, 2.75) is 26.3 Å². The fraction of sp³-hybridized carbons (Fsp3) is 0.350. The van der Waals surface area contributed by atoms with E-state index in [1.807, 2.05) is 6.92 Å². The van der Waals surface area contributed by atoms with Crippen molar-refractivity contribution in [1.29, 1.82) is 0 Å². The quantitative estimate of drug-likeness (QED) is 0.555. The van der Waals surface area contributed by atoms with Crippen molar-refractivity contribution in [3.05, 3.63) is 47.5 Å². The Morgan fingerprint density at radius 3 is 2.70 bits per heavy atom. The van der Waals surface area contributed by atoms with E-state index in [9.17, 15) is 9.59 Å². The number of fused-ring (bicyclic) bond motifs is 1. The van der Waals surface area contributed by atoms with Crippen LogP contribution < -0.4 is 14.8 Å². The van der Waals surface area contributed by atoms with Crippen LogP contribution in [0.1, 0.15) is 41.5 Å². The molecule has 0 aliphatic heterocycles.